The van der Waals surface area contributed by atoms with E-state index in [1.807, 2.05) is 6.20 Å². The van der Waals surface area contributed by atoms with Crippen molar-refractivity contribution in [3.63, 3.8) is 0 Å². The zero-order valence-electron chi connectivity index (χ0n) is 11.6. The van der Waals surface area contributed by atoms with Crippen LogP contribution >= 0.6 is 0 Å². The molecule has 1 aromatic rings. The first-order valence-electron chi connectivity index (χ1n) is 7.07. The van der Waals surface area contributed by atoms with Crippen LogP contribution in [0.25, 0.3) is 0 Å². The van der Waals surface area contributed by atoms with E-state index < -0.39 is 0 Å². The van der Waals surface area contributed by atoms with Crippen molar-refractivity contribution >= 4 is 11.6 Å². The van der Waals surface area contributed by atoms with Crippen molar-refractivity contribution in [1.82, 2.24) is 15.1 Å². The average Bonchev–Trinajstić information content (AvgIpc) is 2.91. The van der Waals surface area contributed by atoms with Crippen LogP contribution in [0.5, 0.6) is 0 Å². The van der Waals surface area contributed by atoms with Gasteiger partial charge >= 0.3 is 0 Å². The van der Waals surface area contributed by atoms with Crippen molar-refractivity contribution in [2.45, 2.75) is 25.8 Å². The topological polar surface area (TPSA) is 79.2 Å². The number of anilines is 1. The van der Waals surface area contributed by atoms with Crippen molar-refractivity contribution in [3.8, 4) is 0 Å². The molecule has 0 radical (unpaired) electrons. The van der Waals surface area contributed by atoms with Gasteiger partial charge in [-0.2, -0.15) is 5.10 Å². The first-order valence-corrected chi connectivity index (χ1v) is 7.07. The Bertz CT molecular complexity index is 456. The van der Waals surface area contributed by atoms with Gasteiger partial charge in [-0.05, 0) is 25.2 Å². The summed E-state index contributed by atoms with van der Waals surface area (Å²) in [4.78, 5) is 11.5. The minimum atomic E-state index is -0.147. The number of nitrogens with one attached hydrogen (secondary N) is 2. The van der Waals surface area contributed by atoms with E-state index >= 15 is 0 Å². The predicted molar refractivity (Wildman–Crippen MR) is 77.3 cm³/mol. The van der Waals surface area contributed by atoms with Gasteiger partial charge in [0.25, 0.3) is 0 Å². The Morgan fingerprint density at radius 3 is 3.15 bits per heavy atom. The summed E-state index contributed by atoms with van der Waals surface area (Å²) in [7, 11) is 0. The largest absolute Gasteiger partial charge is 0.395 e. The Balaban J connectivity index is 1.74. The lowest BCUT2D eigenvalue weighted by atomic mass is 9.94. The zero-order valence-corrected chi connectivity index (χ0v) is 11.6. The third-order valence-electron chi connectivity index (χ3n) is 3.35. The maximum atomic E-state index is 11.5. The van der Waals surface area contributed by atoms with Crippen LogP contribution in [0, 0.1) is 5.92 Å². The number of hydrogen-bond acceptors (Lipinski definition) is 4. The van der Waals surface area contributed by atoms with Crippen molar-refractivity contribution in [2.24, 2.45) is 5.92 Å². The number of aliphatic hydroxyl groups is 1. The number of nitrogens with zero attached hydrogens (tertiary/aromatic N) is 2. The normalized spacial score (nSPS) is 17.9. The SMILES string of the molecule is O=C(Cn1cc(NCC2CC=CCC2)cn1)NCCO. The Morgan fingerprint density at radius 1 is 1.50 bits per heavy atom. The fourth-order valence-electron chi connectivity index (χ4n) is 2.24. The van der Waals surface area contributed by atoms with E-state index in [0.717, 1.165) is 25.1 Å². The van der Waals surface area contributed by atoms with Crippen molar-refractivity contribution in [2.75, 3.05) is 25.0 Å². The van der Waals surface area contributed by atoms with Gasteiger partial charge < -0.3 is 15.7 Å². The van der Waals surface area contributed by atoms with Gasteiger partial charge in [0.2, 0.25) is 5.91 Å². The molecule has 0 spiro atoms. The number of aliphatic hydroxyl groups excluding tert-OH is 1. The van der Waals surface area contributed by atoms with Crippen LogP contribution in [0.1, 0.15) is 19.3 Å². The maximum absolute atomic E-state index is 11.5. The van der Waals surface area contributed by atoms with Crippen LogP contribution in [0.2, 0.25) is 0 Å². The lowest BCUT2D eigenvalue weighted by Crippen LogP contribution is -2.30. The number of carbonyl (C=O) groups is 1. The number of carbonyl (C=O) groups excluding carboxylic acids is 1. The molecule has 1 amide bonds. The molecular weight excluding hydrogens is 256 g/mol. The van der Waals surface area contributed by atoms with Crippen molar-refractivity contribution < 1.29 is 9.90 Å². The Morgan fingerprint density at radius 2 is 2.40 bits per heavy atom. The molecule has 1 atom stereocenters. The molecule has 6 nitrogen and oxygen atoms in total. The van der Waals surface area contributed by atoms with Gasteiger partial charge in [-0.3, -0.25) is 9.48 Å². The molecule has 0 aliphatic heterocycles. The van der Waals surface area contributed by atoms with Gasteiger partial charge in [0, 0.05) is 19.3 Å². The van der Waals surface area contributed by atoms with E-state index in [9.17, 15) is 4.79 Å². The highest BCUT2D eigenvalue weighted by molar-refractivity contribution is 5.75. The minimum absolute atomic E-state index is 0.0481. The summed E-state index contributed by atoms with van der Waals surface area (Å²) in [5.41, 5.74) is 0.939. The molecule has 0 bridgehead atoms. The zero-order chi connectivity index (χ0) is 14.2. The standard InChI is InChI=1S/C14H22N4O2/c19-7-6-15-14(20)11-18-10-13(9-17-18)16-8-12-4-2-1-3-5-12/h1-2,9-10,12,16,19H,3-8,11H2,(H,15,20). The third kappa shape index (κ3) is 4.70. The third-order valence-corrected chi connectivity index (χ3v) is 3.35. The number of aromatic nitrogens is 2. The highest BCUT2D eigenvalue weighted by Gasteiger charge is 2.10. The summed E-state index contributed by atoms with van der Waals surface area (Å²) >= 11 is 0. The molecule has 1 aliphatic rings. The summed E-state index contributed by atoms with van der Waals surface area (Å²) in [6, 6.07) is 0. The van der Waals surface area contributed by atoms with Gasteiger partial charge in [0.1, 0.15) is 6.54 Å². The van der Waals surface area contributed by atoms with Gasteiger partial charge in [0.15, 0.2) is 0 Å². The molecule has 20 heavy (non-hydrogen) atoms. The minimum Gasteiger partial charge on any atom is -0.395 e. The highest BCUT2D eigenvalue weighted by atomic mass is 16.3. The van der Waals surface area contributed by atoms with Gasteiger partial charge in [-0.25, -0.2) is 0 Å². The predicted octanol–water partition coefficient (Wildman–Crippen LogP) is 0.760. The molecule has 1 heterocycles. The summed E-state index contributed by atoms with van der Waals surface area (Å²) < 4.78 is 1.59. The summed E-state index contributed by atoms with van der Waals surface area (Å²) in [6.07, 6.45) is 11.6. The quantitative estimate of drug-likeness (QED) is 0.643. The molecular formula is C14H22N4O2. The molecule has 0 fully saturated rings. The number of rotatable bonds is 7. The van der Waals surface area contributed by atoms with Crippen LogP contribution in [-0.4, -0.2) is 40.5 Å². The number of amides is 1. The maximum Gasteiger partial charge on any atom is 0.241 e. The van der Waals surface area contributed by atoms with Crippen molar-refractivity contribution in [3.05, 3.63) is 24.5 Å². The van der Waals surface area contributed by atoms with E-state index in [1.165, 1.54) is 6.42 Å². The Labute approximate surface area is 118 Å². The summed E-state index contributed by atoms with van der Waals surface area (Å²) in [6.45, 7) is 1.34. The van der Waals surface area contributed by atoms with E-state index in [4.69, 9.17) is 5.11 Å². The lowest BCUT2D eigenvalue weighted by molar-refractivity contribution is -0.122. The second-order valence-corrected chi connectivity index (χ2v) is 5.03. The van der Waals surface area contributed by atoms with Gasteiger partial charge in [-0.1, -0.05) is 12.2 Å². The first kappa shape index (κ1) is 14.6. The molecule has 1 aromatic heterocycles. The molecule has 3 N–H and O–H groups in total. The van der Waals surface area contributed by atoms with Crippen molar-refractivity contribution in [1.29, 1.82) is 0 Å². The molecule has 1 unspecified atom stereocenters. The van der Waals surface area contributed by atoms with E-state index in [2.05, 4.69) is 27.9 Å². The molecule has 0 saturated carbocycles. The van der Waals surface area contributed by atoms with Crippen LogP contribution < -0.4 is 10.6 Å². The number of allylic oxidation sites excluding steroid dienone is 2. The Hall–Kier alpha value is -1.82. The second kappa shape index (κ2) is 7.69. The van der Waals surface area contributed by atoms with Gasteiger partial charge in [-0.15, -0.1) is 0 Å². The molecule has 0 saturated heterocycles. The lowest BCUT2D eigenvalue weighted by Gasteiger charge is -2.17. The molecule has 110 valence electrons. The van der Waals surface area contributed by atoms with E-state index in [0.29, 0.717) is 5.92 Å². The highest BCUT2D eigenvalue weighted by Crippen LogP contribution is 2.18. The fourth-order valence-corrected chi connectivity index (χ4v) is 2.24. The average molecular weight is 278 g/mol. The molecule has 1 aliphatic carbocycles. The Kier molecular flexibility index (Phi) is 5.61. The van der Waals surface area contributed by atoms with E-state index in [1.54, 1.807) is 10.9 Å². The summed E-state index contributed by atoms with van der Waals surface area (Å²) in [5, 5.41) is 18.7. The van der Waals surface area contributed by atoms with E-state index in [-0.39, 0.29) is 25.6 Å². The molecule has 6 heteroatoms. The first-order chi connectivity index (χ1) is 9.78. The number of hydrogen-bond donors (Lipinski definition) is 3. The molecule has 2 rings (SSSR count). The van der Waals surface area contributed by atoms with Crippen LogP contribution in [-0.2, 0) is 11.3 Å². The second-order valence-electron chi connectivity index (χ2n) is 5.03. The summed E-state index contributed by atoms with van der Waals surface area (Å²) in [5.74, 6) is 0.530. The van der Waals surface area contributed by atoms with Gasteiger partial charge in [0.05, 0.1) is 18.5 Å². The van der Waals surface area contributed by atoms with Crippen LogP contribution in [0.15, 0.2) is 24.5 Å². The smallest absolute Gasteiger partial charge is 0.241 e. The molecule has 0 aromatic carbocycles. The van der Waals surface area contributed by atoms with Crippen LogP contribution in [0.4, 0.5) is 5.69 Å². The van der Waals surface area contributed by atoms with Crippen LogP contribution in [0.3, 0.4) is 0 Å². The monoisotopic (exact) mass is 278 g/mol. The fraction of sp³-hybridized carbons (Fsp3) is 0.571.